The first kappa shape index (κ1) is 9.02. The monoisotopic (exact) mass is 204 g/mol. The molecule has 2 aromatic heterocycles. The lowest BCUT2D eigenvalue weighted by Gasteiger charge is -2.00. The quantitative estimate of drug-likeness (QED) is 0.703. The smallest absolute Gasteiger partial charge is 0.214 e. The van der Waals surface area contributed by atoms with Crippen LogP contribution in [0.2, 0.25) is 0 Å². The lowest BCUT2D eigenvalue weighted by Crippen LogP contribution is -2.04. The van der Waals surface area contributed by atoms with Crippen LogP contribution >= 0.6 is 11.5 Å². The first-order valence-corrected chi connectivity index (χ1v) is 4.98. The molecule has 2 heterocycles. The molecule has 2 rings (SSSR count). The Morgan fingerprint density at radius 3 is 2.93 bits per heavy atom. The zero-order valence-corrected chi connectivity index (χ0v) is 8.41. The summed E-state index contributed by atoms with van der Waals surface area (Å²) in [6.07, 6.45) is 3.25. The van der Waals surface area contributed by atoms with Crippen LogP contribution in [0, 0.1) is 6.92 Å². The number of hydrogen-bond acceptors (Lipinski definition) is 4. The fourth-order valence-corrected chi connectivity index (χ4v) is 1.68. The summed E-state index contributed by atoms with van der Waals surface area (Å²) >= 11 is 1.28. The van der Waals surface area contributed by atoms with Crippen LogP contribution in [0.5, 0.6) is 0 Å². The van der Waals surface area contributed by atoms with Crippen molar-refractivity contribution in [3.63, 3.8) is 0 Å². The second-order valence-electron chi connectivity index (χ2n) is 2.90. The van der Waals surface area contributed by atoms with Gasteiger partial charge in [0.2, 0.25) is 5.78 Å². The highest BCUT2D eigenvalue weighted by molar-refractivity contribution is 7.03. The summed E-state index contributed by atoms with van der Waals surface area (Å²) in [6.45, 7) is 1.89. The maximum atomic E-state index is 11.8. The van der Waals surface area contributed by atoms with Crippen molar-refractivity contribution in [3.8, 4) is 0 Å². The minimum absolute atomic E-state index is 0.0585. The van der Waals surface area contributed by atoms with Crippen LogP contribution in [0.25, 0.3) is 0 Å². The molecule has 3 nitrogen and oxygen atoms in total. The van der Waals surface area contributed by atoms with Crippen LogP contribution in [0.4, 0.5) is 0 Å². The molecule has 0 radical (unpaired) electrons. The summed E-state index contributed by atoms with van der Waals surface area (Å²) in [5.74, 6) is -0.0585. The minimum Gasteiger partial charge on any atom is -0.287 e. The maximum Gasteiger partial charge on any atom is 0.214 e. The largest absolute Gasteiger partial charge is 0.287 e. The molecule has 0 unspecified atom stereocenters. The van der Waals surface area contributed by atoms with Crippen molar-refractivity contribution in [2.75, 3.05) is 0 Å². The predicted molar refractivity (Wildman–Crippen MR) is 54.5 cm³/mol. The Balaban J connectivity index is 2.42. The van der Waals surface area contributed by atoms with E-state index in [1.54, 1.807) is 23.8 Å². The Kier molecular flexibility index (Phi) is 2.37. The molecule has 2 aromatic rings. The summed E-state index contributed by atoms with van der Waals surface area (Å²) in [5.41, 5.74) is 2.04. The predicted octanol–water partition coefficient (Wildman–Crippen LogP) is 2.08. The number of hydrogen-bond donors (Lipinski definition) is 0. The zero-order valence-electron chi connectivity index (χ0n) is 7.60. The molecule has 0 fully saturated rings. The molecule has 0 saturated carbocycles. The van der Waals surface area contributed by atoms with Crippen molar-refractivity contribution in [1.29, 1.82) is 0 Å². The number of carbonyl (C=O) groups is 1. The van der Waals surface area contributed by atoms with Crippen molar-refractivity contribution >= 4 is 17.3 Å². The second-order valence-corrected chi connectivity index (χ2v) is 3.57. The summed E-state index contributed by atoms with van der Waals surface area (Å²) in [6, 6.07) is 3.54. The fourth-order valence-electron chi connectivity index (χ4n) is 1.17. The van der Waals surface area contributed by atoms with E-state index in [1.807, 2.05) is 13.0 Å². The van der Waals surface area contributed by atoms with E-state index in [-0.39, 0.29) is 5.78 Å². The molecule has 0 aliphatic rings. The van der Waals surface area contributed by atoms with Gasteiger partial charge in [-0.3, -0.25) is 9.78 Å². The highest BCUT2D eigenvalue weighted by atomic mass is 32.1. The number of pyridine rings is 1. The summed E-state index contributed by atoms with van der Waals surface area (Å²) in [4.78, 5) is 15.8. The Morgan fingerprint density at radius 1 is 1.43 bits per heavy atom. The Morgan fingerprint density at radius 2 is 2.29 bits per heavy atom. The van der Waals surface area contributed by atoms with Crippen LogP contribution in [0.15, 0.2) is 29.9 Å². The number of ketones is 1. The van der Waals surface area contributed by atoms with E-state index in [2.05, 4.69) is 9.36 Å². The van der Waals surface area contributed by atoms with Gasteiger partial charge in [0, 0.05) is 23.3 Å². The van der Waals surface area contributed by atoms with Crippen LogP contribution in [-0.2, 0) is 0 Å². The van der Waals surface area contributed by atoms with E-state index in [0.717, 1.165) is 5.56 Å². The molecule has 70 valence electrons. The van der Waals surface area contributed by atoms with Crippen molar-refractivity contribution in [1.82, 2.24) is 9.36 Å². The van der Waals surface area contributed by atoms with E-state index in [4.69, 9.17) is 0 Å². The van der Waals surface area contributed by atoms with Crippen LogP contribution < -0.4 is 0 Å². The molecule has 0 bridgehead atoms. The molecular formula is C10H8N2OS. The van der Waals surface area contributed by atoms with Gasteiger partial charge in [0.25, 0.3) is 0 Å². The first-order chi connectivity index (χ1) is 6.79. The Labute approximate surface area is 85.6 Å². The Bertz CT molecular complexity index is 451. The highest BCUT2D eigenvalue weighted by Gasteiger charge is 2.12. The summed E-state index contributed by atoms with van der Waals surface area (Å²) in [5, 5.41) is 1.79. The topological polar surface area (TPSA) is 42.9 Å². The molecular weight excluding hydrogens is 196 g/mol. The lowest BCUT2D eigenvalue weighted by atomic mass is 10.1. The normalized spacial score (nSPS) is 10.1. The molecule has 0 spiro atoms. The zero-order chi connectivity index (χ0) is 9.97. The lowest BCUT2D eigenvalue weighted by molar-refractivity contribution is 0.103. The molecule has 0 aromatic carbocycles. The van der Waals surface area contributed by atoms with E-state index in [1.165, 1.54) is 11.5 Å². The average Bonchev–Trinajstić information content (AvgIpc) is 2.70. The van der Waals surface area contributed by atoms with Gasteiger partial charge >= 0.3 is 0 Å². The fraction of sp³-hybridized carbons (Fsp3) is 0.100. The van der Waals surface area contributed by atoms with Gasteiger partial charge in [0.1, 0.15) is 5.69 Å². The Hall–Kier alpha value is -1.55. The van der Waals surface area contributed by atoms with Gasteiger partial charge in [0.05, 0.1) is 0 Å². The third kappa shape index (κ3) is 1.56. The third-order valence-electron chi connectivity index (χ3n) is 1.95. The van der Waals surface area contributed by atoms with Gasteiger partial charge in [0.15, 0.2) is 0 Å². The van der Waals surface area contributed by atoms with Gasteiger partial charge in [-0.2, -0.15) is 4.37 Å². The van der Waals surface area contributed by atoms with Gasteiger partial charge in [-0.25, -0.2) is 0 Å². The van der Waals surface area contributed by atoms with Crippen molar-refractivity contribution in [3.05, 3.63) is 46.7 Å². The standard InChI is InChI=1S/C10H8N2OS/c1-7-2-4-11-6-8(7)10(13)9-3-5-14-12-9/h2-6H,1H3. The number of carbonyl (C=O) groups excluding carboxylic acids is 1. The van der Waals surface area contributed by atoms with E-state index >= 15 is 0 Å². The number of nitrogens with zero attached hydrogens (tertiary/aromatic N) is 2. The molecule has 4 heteroatoms. The third-order valence-corrected chi connectivity index (χ3v) is 2.51. The van der Waals surface area contributed by atoms with Gasteiger partial charge in [-0.05, 0) is 36.2 Å². The summed E-state index contributed by atoms with van der Waals surface area (Å²) in [7, 11) is 0. The van der Waals surface area contributed by atoms with Crippen molar-refractivity contribution in [2.45, 2.75) is 6.92 Å². The maximum absolute atomic E-state index is 11.8. The van der Waals surface area contributed by atoms with Crippen LogP contribution in [-0.4, -0.2) is 15.1 Å². The average molecular weight is 204 g/mol. The van der Waals surface area contributed by atoms with Gasteiger partial charge in [-0.1, -0.05) is 0 Å². The molecule has 14 heavy (non-hydrogen) atoms. The molecule has 0 N–H and O–H groups in total. The molecule has 0 amide bonds. The molecule has 0 aliphatic heterocycles. The second kappa shape index (κ2) is 3.67. The van der Waals surface area contributed by atoms with Crippen LogP contribution in [0.3, 0.4) is 0 Å². The van der Waals surface area contributed by atoms with Gasteiger partial charge in [-0.15, -0.1) is 0 Å². The van der Waals surface area contributed by atoms with Crippen LogP contribution in [0.1, 0.15) is 21.6 Å². The minimum atomic E-state index is -0.0585. The van der Waals surface area contributed by atoms with E-state index in [0.29, 0.717) is 11.3 Å². The van der Waals surface area contributed by atoms with Crippen molar-refractivity contribution in [2.24, 2.45) is 0 Å². The molecule has 0 atom stereocenters. The van der Waals surface area contributed by atoms with E-state index < -0.39 is 0 Å². The summed E-state index contributed by atoms with van der Waals surface area (Å²) < 4.78 is 4.00. The molecule has 0 aliphatic carbocycles. The van der Waals surface area contributed by atoms with E-state index in [9.17, 15) is 4.79 Å². The number of rotatable bonds is 2. The highest BCUT2D eigenvalue weighted by Crippen LogP contribution is 2.12. The van der Waals surface area contributed by atoms with Crippen molar-refractivity contribution < 1.29 is 4.79 Å². The number of aryl methyl sites for hydroxylation is 1. The number of aromatic nitrogens is 2. The first-order valence-electron chi connectivity index (χ1n) is 4.15. The molecule has 0 saturated heterocycles. The van der Waals surface area contributed by atoms with Gasteiger partial charge < -0.3 is 0 Å². The SMILES string of the molecule is Cc1ccncc1C(=O)c1ccsn1.